The topological polar surface area (TPSA) is 175 Å². The van der Waals surface area contributed by atoms with Crippen molar-refractivity contribution in [1.29, 1.82) is 0 Å². The molecule has 3 unspecified atom stereocenters. The first-order valence-corrected chi connectivity index (χ1v) is 22.4. The monoisotopic (exact) mass is 1050 g/mol. The number of amides is 3. The molecule has 0 radical (unpaired) electrons. The van der Waals surface area contributed by atoms with Gasteiger partial charge >= 0.3 is 36.8 Å². The van der Waals surface area contributed by atoms with Crippen molar-refractivity contribution in [1.82, 2.24) is 37.9 Å². The van der Waals surface area contributed by atoms with Crippen molar-refractivity contribution in [2.45, 2.75) is 101 Å². The van der Waals surface area contributed by atoms with E-state index in [1.54, 1.807) is 33.9 Å². The number of carbonyl (C=O) groups is 3. The fraction of sp³-hybridized carbons (Fsp3) is 0.634. The van der Waals surface area contributed by atoms with Gasteiger partial charge in [0.1, 0.15) is 11.9 Å². The summed E-state index contributed by atoms with van der Waals surface area (Å²) in [6, 6.07) is 7.94. The van der Waals surface area contributed by atoms with Crippen molar-refractivity contribution in [3.63, 3.8) is 0 Å². The zero-order valence-electron chi connectivity index (χ0n) is 34.0. The van der Waals surface area contributed by atoms with Crippen LogP contribution < -0.4 is 21.2 Å². The Kier molecular flexibility index (Phi) is 11.7. The summed E-state index contributed by atoms with van der Waals surface area (Å²) >= 11 is 0. The smallest absolute Gasteiger partial charge is 0.351 e. The number of anilines is 2. The number of fused-ring (bicyclic) bond motifs is 3. The first-order chi connectivity index (χ1) is 27.8. The molecule has 5 aliphatic heterocycles. The van der Waals surface area contributed by atoms with Gasteiger partial charge in [-0.15, -0.1) is 12.6 Å². The average Bonchev–Trinajstić information content (AvgIpc) is 3.78. The Bertz CT molecular complexity index is 2300. The van der Waals surface area contributed by atoms with Gasteiger partial charge in [0.15, 0.2) is 0 Å². The summed E-state index contributed by atoms with van der Waals surface area (Å²) in [7, 11) is -1.79. The molecule has 0 bridgehead atoms. The molecule has 3 atom stereocenters. The molecule has 3 aromatic rings. The number of imide groups is 1. The van der Waals surface area contributed by atoms with Gasteiger partial charge in [0.25, 0.3) is 10.2 Å². The fourth-order valence-electron chi connectivity index (χ4n) is 10.5. The van der Waals surface area contributed by atoms with E-state index in [0.717, 1.165) is 76.0 Å². The minimum Gasteiger partial charge on any atom is -0.351 e. The summed E-state index contributed by atoms with van der Waals surface area (Å²) in [6.45, 7) is 11.3. The maximum absolute atomic E-state index is 13.5. The van der Waals surface area contributed by atoms with E-state index in [-0.39, 0.29) is 78.0 Å². The van der Waals surface area contributed by atoms with Crippen LogP contribution in [-0.4, -0.2) is 117 Å². The Labute approximate surface area is 369 Å². The minimum absolute atomic E-state index is 0. The minimum atomic E-state index is -3.43. The van der Waals surface area contributed by atoms with Gasteiger partial charge in [0, 0.05) is 75.5 Å². The molecule has 7 aliphatic rings. The third-order valence-electron chi connectivity index (χ3n) is 14.0. The molecular weight excluding hydrogens is 999 g/mol. The third-order valence-corrected chi connectivity index (χ3v) is 15.9. The predicted octanol–water partition coefficient (Wildman–Crippen LogP) is 2.51. The normalized spacial score (nSPS) is 26.9. The molecule has 1 aromatic carbocycles. The number of nitrogens with one attached hydrogen (secondary N) is 2. The molecule has 7 heterocycles. The summed E-state index contributed by atoms with van der Waals surface area (Å²) in [5.41, 5.74) is 1.77. The number of aromatic nitrogens is 4. The molecule has 59 heavy (non-hydrogen) atoms. The van der Waals surface area contributed by atoms with E-state index in [2.05, 4.69) is 40.4 Å². The van der Waals surface area contributed by atoms with Crippen molar-refractivity contribution in [2.75, 3.05) is 56.0 Å². The maximum Gasteiger partial charge on any atom is 2.00 e. The number of nitrogens with zero attached hydrogens (tertiary/aromatic N) is 8. The second-order valence-corrected chi connectivity index (χ2v) is 19.6. The molecule has 2 aromatic heterocycles. The first-order valence-electron chi connectivity index (χ1n) is 21.0. The molecule has 2 saturated carbocycles. The number of benzene rings is 1. The van der Waals surface area contributed by atoms with Crippen LogP contribution in [-0.2, 0) is 37.1 Å². The van der Waals surface area contributed by atoms with Gasteiger partial charge in [-0.25, -0.2) is 9.78 Å². The SMILES string of the molecule is Cn1c(=O)n(C2CCC(=O)NC2=O)c2ccc[c-]c21.[CH2-]CN1CCCC2(C1)CN(S(=O)(=O)N1CCC(Nc3ncc4c(n3)N(C3CCCC3C)C(=O)C43CC3)CC1)C2.[U+2]. The number of hydrogen-bond donors (Lipinski definition) is 2. The Hall–Kier alpha value is -3.14. The molecule has 2 aliphatic carbocycles. The van der Waals surface area contributed by atoms with Crippen molar-refractivity contribution in [2.24, 2.45) is 18.4 Å². The van der Waals surface area contributed by atoms with Crippen molar-refractivity contribution in [3.05, 3.63) is 53.4 Å². The quantitative estimate of drug-likeness (QED) is 0.265. The zero-order valence-corrected chi connectivity index (χ0v) is 39.0. The van der Waals surface area contributed by atoms with Crippen LogP contribution in [0.1, 0.15) is 89.2 Å². The largest absolute Gasteiger partial charge is 2.00 e. The third kappa shape index (κ3) is 7.51. The predicted molar refractivity (Wildman–Crippen MR) is 217 cm³/mol. The van der Waals surface area contributed by atoms with E-state index in [4.69, 9.17) is 4.98 Å². The van der Waals surface area contributed by atoms with Crippen molar-refractivity contribution >= 4 is 50.7 Å². The van der Waals surface area contributed by atoms with Crippen molar-refractivity contribution < 1.29 is 53.9 Å². The Morgan fingerprint density at radius 1 is 0.983 bits per heavy atom. The van der Waals surface area contributed by atoms with E-state index in [9.17, 15) is 27.6 Å². The average molecular weight is 1050 g/mol. The molecule has 4 saturated heterocycles. The second-order valence-electron chi connectivity index (χ2n) is 17.7. The fourth-order valence-corrected chi connectivity index (χ4v) is 12.4. The number of aryl methyl sites for hydroxylation is 1. The van der Waals surface area contributed by atoms with E-state index in [1.807, 2.05) is 11.1 Å². The number of likely N-dealkylation sites (tertiary alicyclic amines) is 1. The number of rotatable bonds is 7. The van der Waals surface area contributed by atoms with Crippen LogP contribution in [0.15, 0.2) is 29.2 Å². The van der Waals surface area contributed by atoms with E-state index in [1.165, 1.54) is 9.13 Å². The summed E-state index contributed by atoms with van der Waals surface area (Å²) in [6.07, 6.45) is 11.2. The van der Waals surface area contributed by atoms with E-state index < -0.39 is 22.2 Å². The van der Waals surface area contributed by atoms with Crippen molar-refractivity contribution in [3.8, 4) is 0 Å². The molecule has 3 amide bonds. The summed E-state index contributed by atoms with van der Waals surface area (Å²) in [4.78, 5) is 62.7. The van der Waals surface area contributed by atoms with Gasteiger partial charge in [-0.05, 0) is 81.3 Å². The number of hydrogen-bond acceptors (Lipinski definition) is 10. The standard InChI is InChI=1S/C28H42N7O3S.C13H12N3O3.U/c1-3-32-13-5-10-27(17-32)18-34(19-27)39(37,38)33-14-8-21(9-15-33)30-26-29-16-22-24(31-26)35(23-7-4-6-20(23)2)25(36)28(22)11-12-28;1-15-8-4-2-3-5-9(8)16(13(15)19)10-6-7-11(17)14-12(10)18;/h16,20-21,23H,1,3-15,17-19H2,2H3,(H,29,30,31);2-3,5,10H,6-7H2,1H3,(H,14,17,18);/q2*-1;+2. The zero-order chi connectivity index (χ0) is 40.6. The summed E-state index contributed by atoms with van der Waals surface area (Å²) in [5, 5.41) is 5.75. The van der Waals surface area contributed by atoms with Crippen LogP contribution in [0, 0.1) is 55.4 Å². The number of piperidine rings is 3. The van der Waals surface area contributed by atoms with Crippen LogP contribution in [0.25, 0.3) is 11.0 Å². The Morgan fingerprint density at radius 3 is 2.42 bits per heavy atom. The summed E-state index contributed by atoms with van der Waals surface area (Å²) < 4.78 is 33.0. The van der Waals surface area contributed by atoms with Gasteiger partial charge in [0.2, 0.25) is 23.7 Å². The number of carbonyl (C=O) groups excluding carboxylic acids is 3. The van der Waals surface area contributed by atoms with Gasteiger partial charge in [0.05, 0.1) is 5.41 Å². The van der Waals surface area contributed by atoms with Gasteiger partial charge in [-0.1, -0.05) is 13.3 Å². The summed E-state index contributed by atoms with van der Waals surface area (Å²) in [5.74, 6) is 1.35. The first kappa shape index (κ1) is 42.5. The van der Waals surface area contributed by atoms with Crippen LogP contribution in [0.2, 0.25) is 0 Å². The second kappa shape index (κ2) is 16.3. The van der Waals surface area contributed by atoms with Crippen LogP contribution >= 0.6 is 0 Å². The molecular formula is C41H54N10O6SU. The number of imidazole rings is 1. The van der Waals surface area contributed by atoms with Crippen LogP contribution in [0.3, 0.4) is 0 Å². The molecule has 16 nitrogen and oxygen atoms in total. The number of para-hydroxylation sites is 1. The molecule has 10 rings (SSSR count). The van der Waals surface area contributed by atoms with E-state index >= 15 is 0 Å². The molecule has 18 heteroatoms. The van der Waals surface area contributed by atoms with Gasteiger partial charge in [-0.2, -0.15) is 40.2 Å². The maximum atomic E-state index is 13.5. The Morgan fingerprint density at radius 2 is 1.75 bits per heavy atom. The molecule has 2 spiro atoms. The van der Waals surface area contributed by atoms with E-state index in [0.29, 0.717) is 68.3 Å². The molecule has 314 valence electrons. The van der Waals surface area contributed by atoms with Crippen LogP contribution in [0.5, 0.6) is 0 Å². The van der Waals surface area contributed by atoms with Gasteiger partial charge in [-0.3, -0.25) is 24.6 Å². The van der Waals surface area contributed by atoms with Crippen LogP contribution in [0.4, 0.5) is 11.8 Å². The molecule has 6 fully saturated rings. The molecule has 2 N–H and O–H groups in total. The Balaban J connectivity index is 0.000000203. The van der Waals surface area contributed by atoms with Gasteiger partial charge < -0.3 is 26.3 Å².